The van der Waals surface area contributed by atoms with Crippen LogP contribution in [0.5, 0.6) is 0 Å². The highest BCUT2D eigenvalue weighted by Gasteiger charge is 2.02. The van der Waals surface area contributed by atoms with Crippen LogP contribution in [0.25, 0.3) is 5.57 Å². The number of rotatable bonds is 5. The lowest BCUT2D eigenvalue weighted by molar-refractivity contribution is -0.146. The molecule has 0 heterocycles. The zero-order chi connectivity index (χ0) is 12.5. The third-order valence-electron chi connectivity index (χ3n) is 1.91. The molecule has 0 spiro atoms. The van der Waals surface area contributed by atoms with E-state index in [0.29, 0.717) is 12.2 Å². The Morgan fingerprint density at radius 2 is 2.12 bits per heavy atom. The first kappa shape index (κ1) is 12.8. The van der Waals surface area contributed by atoms with Crippen molar-refractivity contribution in [2.75, 3.05) is 13.2 Å². The second-order valence-corrected chi connectivity index (χ2v) is 3.13. The number of allylic oxidation sites excluding steroid dienone is 1. The summed E-state index contributed by atoms with van der Waals surface area (Å²) in [6.07, 6.45) is 1.27. The fourth-order valence-corrected chi connectivity index (χ4v) is 1.17. The van der Waals surface area contributed by atoms with Crippen LogP contribution in [-0.2, 0) is 14.3 Å². The van der Waals surface area contributed by atoms with Gasteiger partial charge in [-0.3, -0.25) is 0 Å². The molecular weight excluding hydrogens is 218 g/mol. The number of nitriles is 1. The highest BCUT2D eigenvalue weighted by atomic mass is 16.6. The van der Waals surface area contributed by atoms with E-state index >= 15 is 0 Å². The van der Waals surface area contributed by atoms with Crippen molar-refractivity contribution in [3.63, 3.8) is 0 Å². The Kier molecular flexibility index (Phi) is 5.32. The van der Waals surface area contributed by atoms with Crippen LogP contribution in [0.3, 0.4) is 0 Å². The zero-order valence-electron chi connectivity index (χ0n) is 9.55. The molecule has 4 nitrogen and oxygen atoms in total. The summed E-state index contributed by atoms with van der Waals surface area (Å²) in [5, 5.41) is 8.93. The number of hydrogen-bond donors (Lipinski definition) is 0. The van der Waals surface area contributed by atoms with Gasteiger partial charge in [-0.15, -0.1) is 0 Å². The molecule has 1 aromatic carbocycles. The van der Waals surface area contributed by atoms with Gasteiger partial charge in [0.15, 0.2) is 6.61 Å². The smallest absolute Gasteiger partial charge is 0.344 e. The Morgan fingerprint density at radius 1 is 1.41 bits per heavy atom. The number of benzene rings is 1. The van der Waals surface area contributed by atoms with Gasteiger partial charge in [0.1, 0.15) is 12.3 Å². The number of nitrogens with zero attached hydrogens (tertiary/aromatic N) is 1. The van der Waals surface area contributed by atoms with Gasteiger partial charge in [-0.1, -0.05) is 30.3 Å². The summed E-state index contributed by atoms with van der Waals surface area (Å²) in [6.45, 7) is 1.85. The van der Waals surface area contributed by atoms with E-state index in [2.05, 4.69) is 4.74 Å². The van der Waals surface area contributed by atoms with Crippen LogP contribution in [0.15, 0.2) is 36.6 Å². The third-order valence-corrected chi connectivity index (χ3v) is 1.91. The molecule has 1 rings (SSSR count). The summed E-state index contributed by atoms with van der Waals surface area (Å²) in [5.41, 5.74) is 1.12. The number of hydrogen-bond acceptors (Lipinski definition) is 4. The fraction of sp³-hybridized carbons (Fsp3) is 0.231. The second kappa shape index (κ2) is 7.07. The van der Waals surface area contributed by atoms with E-state index in [1.165, 1.54) is 6.26 Å². The average Bonchev–Trinajstić information content (AvgIpc) is 2.36. The van der Waals surface area contributed by atoms with Crippen molar-refractivity contribution in [1.29, 1.82) is 5.26 Å². The first-order valence-electron chi connectivity index (χ1n) is 5.20. The highest BCUT2D eigenvalue weighted by Crippen LogP contribution is 2.12. The molecule has 0 saturated heterocycles. The third kappa shape index (κ3) is 4.39. The summed E-state index contributed by atoms with van der Waals surface area (Å²) in [6, 6.07) is 11.1. The zero-order valence-corrected chi connectivity index (χ0v) is 9.55. The van der Waals surface area contributed by atoms with Crippen LogP contribution in [0.2, 0.25) is 0 Å². The van der Waals surface area contributed by atoms with Crippen molar-refractivity contribution in [2.45, 2.75) is 6.92 Å². The number of esters is 1. The van der Waals surface area contributed by atoms with Crippen LogP contribution in [0.4, 0.5) is 0 Å². The van der Waals surface area contributed by atoms with E-state index in [-0.39, 0.29) is 6.61 Å². The van der Waals surface area contributed by atoms with Gasteiger partial charge in [-0.25, -0.2) is 4.79 Å². The molecule has 0 aliphatic carbocycles. The maximum absolute atomic E-state index is 11.0. The molecule has 0 unspecified atom stereocenters. The molecule has 0 fully saturated rings. The van der Waals surface area contributed by atoms with E-state index in [0.717, 1.165) is 5.56 Å². The van der Waals surface area contributed by atoms with Crippen molar-refractivity contribution < 1.29 is 14.3 Å². The minimum atomic E-state index is -0.450. The number of carbonyl (C=O) groups is 1. The molecule has 4 heteroatoms. The summed E-state index contributed by atoms with van der Waals surface area (Å²) in [5.74, 6) is -0.450. The Bertz CT molecular complexity index is 432. The van der Waals surface area contributed by atoms with Crippen molar-refractivity contribution >= 4 is 11.5 Å². The molecular formula is C13H13NO3. The minimum absolute atomic E-state index is 0.189. The van der Waals surface area contributed by atoms with Crippen molar-refractivity contribution in [3.8, 4) is 6.07 Å². The molecule has 0 bridgehead atoms. The van der Waals surface area contributed by atoms with Gasteiger partial charge in [0.2, 0.25) is 0 Å². The van der Waals surface area contributed by atoms with Crippen molar-refractivity contribution in [1.82, 2.24) is 0 Å². The van der Waals surface area contributed by atoms with E-state index in [1.807, 2.05) is 24.3 Å². The largest absolute Gasteiger partial charge is 0.488 e. The standard InChI is InChI=1S/C13H13NO3/c1-2-17-13(15)10-16-9-12(8-14)11-6-4-3-5-7-11/h3-7,9H,2,10H2,1H3/b12-9-. The van der Waals surface area contributed by atoms with E-state index in [4.69, 9.17) is 10.00 Å². The Labute approximate surface area is 100 Å². The lowest BCUT2D eigenvalue weighted by Gasteiger charge is -2.02. The predicted octanol–water partition coefficient (Wildman–Crippen LogP) is 2.13. The molecule has 0 radical (unpaired) electrons. The number of carbonyl (C=O) groups excluding carboxylic acids is 1. The van der Waals surface area contributed by atoms with Crippen LogP contribution in [0.1, 0.15) is 12.5 Å². The lowest BCUT2D eigenvalue weighted by Crippen LogP contribution is -2.10. The van der Waals surface area contributed by atoms with Crippen LogP contribution < -0.4 is 0 Å². The molecule has 0 aliphatic heterocycles. The highest BCUT2D eigenvalue weighted by molar-refractivity contribution is 5.76. The molecule has 0 atom stereocenters. The van der Waals surface area contributed by atoms with Gasteiger partial charge < -0.3 is 9.47 Å². The lowest BCUT2D eigenvalue weighted by atomic mass is 10.1. The van der Waals surface area contributed by atoms with Gasteiger partial charge in [-0.05, 0) is 12.5 Å². The van der Waals surface area contributed by atoms with Crippen LogP contribution in [-0.4, -0.2) is 19.2 Å². The average molecular weight is 231 g/mol. The van der Waals surface area contributed by atoms with Gasteiger partial charge in [0.05, 0.1) is 12.2 Å². The summed E-state index contributed by atoms with van der Waals surface area (Å²) >= 11 is 0. The topological polar surface area (TPSA) is 59.3 Å². The van der Waals surface area contributed by atoms with Gasteiger partial charge in [-0.2, -0.15) is 5.26 Å². The first-order chi connectivity index (χ1) is 8.27. The number of ether oxygens (including phenoxy) is 2. The quantitative estimate of drug-likeness (QED) is 0.442. The van der Waals surface area contributed by atoms with Crippen LogP contribution in [0, 0.1) is 11.3 Å². The SMILES string of the molecule is CCOC(=O)CO/C=C(/C#N)c1ccccc1. The van der Waals surface area contributed by atoms with E-state index in [9.17, 15) is 4.79 Å². The summed E-state index contributed by atoms with van der Waals surface area (Å²) in [4.78, 5) is 11.0. The fourth-order valence-electron chi connectivity index (χ4n) is 1.17. The van der Waals surface area contributed by atoms with E-state index in [1.54, 1.807) is 19.1 Å². The Balaban J connectivity index is 2.58. The van der Waals surface area contributed by atoms with Gasteiger partial charge in [0, 0.05) is 0 Å². The normalized spacial score (nSPS) is 10.5. The monoisotopic (exact) mass is 231 g/mol. The Morgan fingerprint density at radius 3 is 2.71 bits per heavy atom. The van der Waals surface area contributed by atoms with Crippen molar-refractivity contribution in [2.24, 2.45) is 0 Å². The first-order valence-corrected chi connectivity index (χ1v) is 5.20. The second-order valence-electron chi connectivity index (χ2n) is 3.13. The molecule has 0 amide bonds. The molecule has 0 aromatic heterocycles. The van der Waals surface area contributed by atoms with Crippen molar-refractivity contribution in [3.05, 3.63) is 42.2 Å². The summed E-state index contributed by atoms with van der Waals surface area (Å²) in [7, 11) is 0. The van der Waals surface area contributed by atoms with E-state index < -0.39 is 5.97 Å². The molecule has 0 saturated carbocycles. The molecule has 0 N–H and O–H groups in total. The molecule has 1 aromatic rings. The minimum Gasteiger partial charge on any atom is -0.488 e. The predicted molar refractivity (Wildman–Crippen MR) is 62.6 cm³/mol. The molecule has 88 valence electrons. The maximum atomic E-state index is 11.0. The maximum Gasteiger partial charge on any atom is 0.344 e. The van der Waals surface area contributed by atoms with Crippen LogP contribution >= 0.6 is 0 Å². The summed E-state index contributed by atoms with van der Waals surface area (Å²) < 4.78 is 9.68. The van der Waals surface area contributed by atoms with Gasteiger partial charge >= 0.3 is 5.97 Å². The molecule has 0 aliphatic rings. The Hall–Kier alpha value is -2.28. The molecule has 17 heavy (non-hydrogen) atoms. The van der Waals surface area contributed by atoms with Gasteiger partial charge in [0.25, 0.3) is 0 Å².